The highest BCUT2D eigenvalue weighted by Gasteiger charge is 2.40. The molecular formula is C33H44FN. The van der Waals surface area contributed by atoms with Gasteiger partial charge in [-0.15, -0.1) is 6.58 Å². The maximum Gasteiger partial charge on any atom is 0.120 e. The molecule has 1 saturated carbocycles. The number of rotatable bonds is 8. The number of hydrogen-bond donors (Lipinski definition) is 0. The van der Waals surface area contributed by atoms with E-state index in [2.05, 4.69) is 75.3 Å². The molecule has 2 bridgehead atoms. The Morgan fingerprint density at radius 3 is 2.57 bits per heavy atom. The molecule has 3 aliphatic carbocycles. The Balaban J connectivity index is 1.31. The molecule has 1 heterocycles. The van der Waals surface area contributed by atoms with Crippen molar-refractivity contribution in [1.29, 1.82) is 0 Å². The molecule has 4 rings (SSSR count). The van der Waals surface area contributed by atoms with Gasteiger partial charge in [0.05, 0.1) is 0 Å². The number of hydrogen-bond acceptors (Lipinski definition) is 1. The van der Waals surface area contributed by atoms with Crippen molar-refractivity contribution in [3.8, 4) is 0 Å². The minimum atomic E-state index is -0.166. The summed E-state index contributed by atoms with van der Waals surface area (Å²) in [4.78, 5) is 2.55. The predicted octanol–water partition coefficient (Wildman–Crippen LogP) is 8.83. The van der Waals surface area contributed by atoms with E-state index in [0.717, 1.165) is 31.6 Å². The number of likely N-dealkylation sites (tertiary alicyclic amines) is 1. The van der Waals surface area contributed by atoms with Crippen molar-refractivity contribution in [3.05, 3.63) is 96.0 Å². The lowest BCUT2D eigenvalue weighted by molar-refractivity contribution is 0.0219. The number of allylic oxidation sites excluding steroid dienone is 12. The van der Waals surface area contributed by atoms with Gasteiger partial charge in [-0.3, -0.25) is 4.90 Å². The third-order valence-electron chi connectivity index (χ3n) is 8.52. The van der Waals surface area contributed by atoms with E-state index in [0.29, 0.717) is 16.7 Å². The number of nitrogens with zero attached hydrogens (tertiary/aromatic N) is 1. The molecule has 188 valence electrons. The molecule has 1 unspecified atom stereocenters. The highest BCUT2D eigenvalue weighted by atomic mass is 19.1. The first-order chi connectivity index (χ1) is 16.7. The fraction of sp³-hybridized carbons (Fsp3) is 0.515. The van der Waals surface area contributed by atoms with Gasteiger partial charge in [-0.25, -0.2) is 4.39 Å². The third kappa shape index (κ3) is 6.53. The molecule has 0 radical (unpaired) electrons. The van der Waals surface area contributed by atoms with E-state index in [1.54, 1.807) is 12.2 Å². The molecule has 0 aromatic rings. The summed E-state index contributed by atoms with van der Waals surface area (Å²) in [6, 6.07) is 0. The van der Waals surface area contributed by atoms with E-state index in [4.69, 9.17) is 0 Å². The summed E-state index contributed by atoms with van der Waals surface area (Å²) in [6.45, 7) is 18.8. The Hall–Kier alpha value is -2.19. The lowest BCUT2D eigenvalue weighted by atomic mass is 9.65. The zero-order valence-electron chi connectivity index (χ0n) is 22.2. The Bertz CT molecular complexity index is 1000. The molecule has 0 N–H and O–H groups in total. The fourth-order valence-electron chi connectivity index (χ4n) is 6.79. The third-order valence-corrected chi connectivity index (χ3v) is 8.52. The van der Waals surface area contributed by atoms with Crippen LogP contribution in [0.25, 0.3) is 0 Å². The van der Waals surface area contributed by atoms with Gasteiger partial charge in [0.15, 0.2) is 0 Å². The summed E-state index contributed by atoms with van der Waals surface area (Å²) in [5, 5.41) is 0. The smallest absolute Gasteiger partial charge is 0.120 e. The van der Waals surface area contributed by atoms with E-state index < -0.39 is 0 Å². The molecular weight excluding hydrogens is 429 g/mol. The highest BCUT2D eigenvalue weighted by molar-refractivity contribution is 5.45. The standard InChI is InChI=1S/C33H44FN/c1-6-14-33(7-2)15-12-30(13-16-33)26(4)21-32(5)23-35(24-32)22-29-9-8-28-19-27(17-25(3)18-29)10-11-31(34)20-28/h7-11,17-20,28,30H,2,4,6,12-16,21-24H2,1,3,5H3/b9-8?,25-17+,29-18?. The van der Waals surface area contributed by atoms with Crippen LogP contribution >= 0.6 is 0 Å². The van der Waals surface area contributed by atoms with Crippen LogP contribution in [0.1, 0.15) is 65.7 Å². The van der Waals surface area contributed by atoms with Gasteiger partial charge < -0.3 is 0 Å². The molecule has 2 heteroatoms. The number of fused-ring (bicyclic) bond motifs is 1. The lowest BCUT2D eigenvalue weighted by Gasteiger charge is -2.50. The fourth-order valence-corrected chi connectivity index (χ4v) is 6.79. The summed E-state index contributed by atoms with van der Waals surface area (Å²) < 4.78 is 14.0. The van der Waals surface area contributed by atoms with Gasteiger partial charge in [-0.2, -0.15) is 0 Å². The van der Waals surface area contributed by atoms with E-state index in [1.165, 1.54) is 55.2 Å². The first-order valence-corrected chi connectivity index (χ1v) is 13.6. The molecule has 1 atom stereocenters. The van der Waals surface area contributed by atoms with Crippen molar-refractivity contribution in [1.82, 2.24) is 4.90 Å². The van der Waals surface area contributed by atoms with E-state index in [-0.39, 0.29) is 11.7 Å². The monoisotopic (exact) mass is 473 g/mol. The van der Waals surface area contributed by atoms with E-state index in [9.17, 15) is 4.39 Å². The van der Waals surface area contributed by atoms with Gasteiger partial charge in [-0.05, 0) is 85.5 Å². The molecule has 0 amide bonds. The van der Waals surface area contributed by atoms with Crippen LogP contribution in [0.15, 0.2) is 96.0 Å². The van der Waals surface area contributed by atoms with Crippen molar-refractivity contribution in [3.63, 3.8) is 0 Å². The minimum absolute atomic E-state index is 0.0109. The summed E-state index contributed by atoms with van der Waals surface area (Å²) in [6.07, 6.45) is 27.0. The van der Waals surface area contributed by atoms with Gasteiger partial charge in [0, 0.05) is 25.6 Å². The van der Waals surface area contributed by atoms with E-state index in [1.807, 2.05) is 6.08 Å². The number of halogens is 1. The average molecular weight is 474 g/mol. The van der Waals surface area contributed by atoms with Gasteiger partial charge >= 0.3 is 0 Å². The molecule has 1 aliphatic heterocycles. The summed E-state index contributed by atoms with van der Waals surface area (Å²) >= 11 is 0. The van der Waals surface area contributed by atoms with Crippen LogP contribution in [0.3, 0.4) is 0 Å². The average Bonchev–Trinajstić information content (AvgIpc) is 2.92. The van der Waals surface area contributed by atoms with Crippen LogP contribution in [-0.4, -0.2) is 24.5 Å². The molecule has 1 nitrogen and oxygen atoms in total. The second-order valence-corrected chi connectivity index (χ2v) is 12.0. The Morgan fingerprint density at radius 1 is 1.14 bits per heavy atom. The summed E-state index contributed by atoms with van der Waals surface area (Å²) in [7, 11) is 0. The van der Waals surface area contributed by atoms with Gasteiger partial charge in [0.1, 0.15) is 5.83 Å². The maximum absolute atomic E-state index is 14.0. The molecule has 0 aromatic heterocycles. The van der Waals surface area contributed by atoms with E-state index >= 15 is 0 Å². The summed E-state index contributed by atoms with van der Waals surface area (Å²) in [5.74, 6) is 0.502. The van der Waals surface area contributed by atoms with Crippen molar-refractivity contribution in [2.24, 2.45) is 22.7 Å². The van der Waals surface area contributed by atoms with Gasteiger partial charge in [0.25, 0.3) is 0 Å². The van der Waals surface area contributed by atoms with Crippen molar-refractivity contribution < 1.29 is 4.39 Å². The SMILES string of the molecule is C=CC1(CCC)CCC(C(=C)CC2(C)CN(CC3=C/C(C)=C/C4=CC(C=C3)C=C(F)C=C4)C2)CC1. The van der Waals surface area contributed by atoms with Crippen LogP contribution in [0.4, 0.5) is 4.39 Å². The van der Waals surface area contributed by atoms with Crippen molar-refractivity contribution in [2.75, 3.05) is 19.6 Å². The quantitative estimate of drug-likeness (QED) is 0.318. The first-order valence-electron chi connectivity index (χ1n) is 13.6. The zero-order valence-corrected chi connectivity index (χ0v) is 22.2. The van der Waals surface area contributed by atoms with Crippen LogP contribution in [-0.2, 0) is 0 Å². The Labute approximate surface area is 213 Å². The Kier molecular flexibility index (Phi) is 8.01. The topological polar surface area (TPSA) is 3.24 Å². The second-order valence-electron chi connectivity index (χ2n) is 12.0. The van der Waals surface area contributed by atoms with Crippen LogP contribution in [0.2, 0.25) is 0 Å². The van der Waals surface area contributed by atoms with Crippen molar-refractivity contribution in [2.45, 2.75) is 65.7 Å². The molecule has 0 spiro atoms. The minimum Gasteiger partial charge on any atom is -0.298 e. The van der Waals surface area contributed by atoms with Gasteiger partial charge in [-0.1, -0.05) is 80.5 Å². The second kappa shape index (κ2) is 10.8. The molecule has 0 aromatic carbocycles. The largest absolute Gasteiger partial charge is 0.298 e. The zero-order chi connectivity index (χ0) is 25.1. The predicted molar refractivity (Wildman–Crippen MR) is 149 cm³/mol. The van der Waals surface area contributed by atoms with Crippen molar-refractivity contribution >= 4 is 0 Å². The molecule has 35 heavy (non-hydrogen) atoms. The summed E-state index contributed by atoms with van der Waals surface area (Å²) in [5.41, 5.74) is 5.74. The van der Waals surface area contributed by atoms with Gasteiger partial charge in [0.2, 0.25) is 0 Å². The van der Waals surface area contributed by atoms with Crippen LogP contribution in [0.5, 0.6) is 0 Å². The molecule has 4 aliphatic rings. The Morgan fingerprint density at radius 2 is 1.89 bits per heavy atom. The molecule has 2 fully saturated rings. The lowest BCUT2D eigenvalue weighted by Crippen LogP contribution is -2.55. The molecule has 1 saturated heterocycles. The highest BCUT2D eigenvalue weighted by Crippen LogP contribution is 2.47. The normalized spacial score (nSPS) is 31.9. The van der Waals surface area contributed by atoms with Crippen LogP contribution in [0, 0.1) is 22.7 Å². The maximum atomic E-state index is 14.0. The first kappa shape index (κ1) is 25.9. The van der Waals surface area contributed by atoms with Crippen LogP contribution < -0.4 is 0 Å².